The number of piperidine rings is 1. The van der Waals surface area contributed by atoms with Crippen molar-refractivity contribution >= 4 is 34.9 Å². The Hall–Kier alpha value is -2.92. The van der Waals surface area contributed by atoms with E-state index in [0.717, 1.165) is 35.9 Å². The molecule has 0 aromatic heterocycles. The zero-order chi connectivity index (χ0) is 22.4. The Morgan fingerprint density at radius 2 is 2.10 bits per heavy atom. The highest BCUT2D eigenvalue weighted by molar-refractivity contribution is 8.18. The van der Waals surface area contributed by atoms with Crippen LogP contribution in [0.4, 0.5) is 4.79 Å². The van der Waals surface area contributed by atoms with Gasteiger partial charge >= 0.3 is 0 Å². The minimum Gasteiger partial charge on any atom is -0.490 e. The van der Waals surface area contributed by atoms with Crippen molar-refractivity contribution in [2.45, 2.75) is 39.2 Å². The highest BCUT2D eigenvalue weighted by Crippen LogP contribution is 2.35. The highest BCUT2D eigenvalue weighted by atomic mass is 32.2. The van der Waals surface area contributed by atoms with Crippen LogP contribution in [0.2, 0.25) is 0 Å². The van der Waals surface area contributed by atoms with Crippen LogP contribution in [-0.2, 0) is 9.59 Å². The van der Waals surface area contributed by atoms with E-state index in [-0.39, 0.29) is 30.0 Å². The number of thioether (sulfide) groups is 1. The lowest BCUT2D eigenvalue weighted by molar-refractivity contribution is -0.138. The second-order valence-electron chi connectivity index (χ2n) is 7.33. The summed E-state index contributed by atoms with van der Waals surface area (Å²) in [6, 6.07) is 5.32. The summed E-state index contributed by atoms with van der Waals surface area (Å²) >= 11 is 0.833. The maximum Gasteiger partial charge on any atom is 0.294 e. The average molecular weight is 443 g/mol. The summed E-state index contributed by atoms with van der Waals surface area (Å²) in [6.07, 6.45) is 9.83. The first-order valence-electron chi connectivity index (χ1n) is 10.3. The molecule has 2 aliphatic heterocycles. The molecule has 0 aliphatic carbocycles. The quantitative estimate of drug-likeness (QED) is 0.475. The average Bonchev–Trinajstić information content (AvgIpc) is 3.01. The summed E-state index contributed by atoms with van der Waals surface area (Å²) in [6.45, 7) is 4.84. The molecule has 0 spiro atoms. The van der Waals surface area contributed by atoms with Gasteiger partial charge in [0.1, 0.15) is 13.2 Å². The fraction of sp³-hybridized carbons (Fsp3) is 0.435. The molecule has 2 saturated heterocycles. The van der Waals surface area contributed by atoms with Crippen LogP contribution in [0.25, 0.3) is 6.08 Å². The van der Waals surface area contributed by atoms with E-state index in [4.69, 9.17) is 15.9 Å². The van der Waals surface area contributed by atoms with Crippen molar-refractivity contribution < 1.29 is 23.9 Å². The molecule has 0 N–H and O–H groups in total. The number of amides is 3. The van der Waals surface area contributed by atoms with Crippen LogP contribution in [0.1, 0.15) is 38.7 Å². The number of terminal acetylenes is 1. The molecule has 2 fully saturated rings. The Kier molecular flexibility index (Phi) is 7.64. The van der Waals surface area contributed by atoms with Crippen LogP contribution in [0.3, 0.4) is 0 Å². The van der Waals surface area contributed by atoms with Crippen molar-refractivity contribution in [2.75, 3.05) is 26.3 Å². The molecule has 31 heavy (non-hydrogen) atoms. The fourth-order valence-corrected chi connectivity index (χ4v) is 4.44. The summed E-state index contributed by atoms with van der Waals surface area (Å²) in [7, 11) is 0. The molecule has 0 saturated carbocycles. The monoisotopic (exact) mass is 442 g/mol. The van der Waals surface area contributed by atoms with E-state index < -0.39 is 11.1 Å². The van der Waals surface area contributed by atoms with Crippen molar-refractivity contribution in [3.63, 3.8) is 0 Å². The van der Waals surface area contributed by atoms with Crippen LogP contribution >= 0.6 is 11.8 Å². The maximum atomic E-state index is 12.8. The third-order valence-electron chi connectivity index (χ3n) is 5.17. The van der Waals surface area contributed by atoms with Crippen molar-refractivity contribution in [3.8, 4) is 23.8 Å². The Balaban J connectivity index is 1.74. The predicted octanol–water partition coefficient (Wildman–Crippen LogP) is 3.53. The number of nitrogens with zero attached hydrogens (tertiary/aromatic N) is 2. The summed E-state index contributed by atoms with van der Waals surface area (Å²) in [5.41, 5.74) is 0.679. The third kappa shape index (κ3) is 5.42. The van der Waals surface area contributed by atoms with Gasteiger partial charge in [-0.15, -0.1) is 6.42 Å². The molecule has 1 atom stereocenters. The van der Waals surface area contributed by atoms with E-state index in [1.807, 2.05) is 13.8 Å². The fourth-order valence-electron chi connectivity index (χ4n) is 3.60. The lowest BCUT2D eigenvalue weighted by Gasteiger charge is -2.34. The van der Waals surface area contributed by atoms with Gasteiger partial charge in [-0.3, -0.25) is 19.3 Å². The molecule has 3 amide bonds. The number of rotatable bonds is 7. The molecule has 2 aliphatic rings. The molecule has 3 rings (SSSR count). The number of carbonyl (C=O) groups is 3. The van der Waals surface area contributed by atoms with E-state index >= 15 is 0 Å². The van der Waals surface area contributed by atoms with Crippen LogP contribution in [0.15, 0.2) is 23.1 Å². The van der Waals surface area contributed by atoms with Gasteiger partial charge < -0.3 is 14.4 Å². The number of benzene rings is 1. The van der Waals surface area contributed by atoms with Crippen molar-refractivity contribution in [1.82, 2.24) is 9.80 Å². The Morgan fingerprint density at radius 1 is 1.29 bits per heavy atom. The van der Waals surface area contributed by atoms with Crippen molar-refractivity contribution in [1.29, 1.82) is 0 Å². The number of carbonyl (C=O) groups excluding carboxylic acids is 3. The molecule has 8 heteroatoms. The highest BCUT2D eigenvalue weighted by Gasteiger charge is 2.38. The number of hydrogen-bond acceptors (Lipinski definition) is 6. The summed E-state index contributed by atoms with van der Waals surface area (Å²) in [4.78, 5) is 40.9. The zero-order valence-electron chi connectivity index (χ0n) is 17.8. The third-order valence-corrected chi connectivity index (χ3v) is 6.07. The van der Waals surface area contributed by atoms with Gasteiger partial charge in [-0.05, 0) is 68.6 Å². The molecular weight excluding hydrogens is 416 g/mol. The number of likely N-dealkylation sites (tertiary alicyclic amines) is 1. The molecule has 1 aromatic rings. The summed E-state index contributed by atoms with van der Waals surface area (Å²) in [5.74, 6) is 2.76. The molecular formula is C23H26N2O5S. The van der Waals surface area contributed by atoms with Crippen LogP contribution in [0.5, 0.6) is 11.5 Å². The Bertz CT molecular complexity index is 936. The smallest absolute Gasteiger partial charge is 0.294 e. The van der Waals surface area contributed by atoms with Gasteiger partial charge in [0.25, 0.3) is 11.1 Å². The molecule has 0 radical (unpaired) electrons. The normalized spacial score (nSPS) is 20.2. The van der Waals surface area contributed by atoms with Crippen LogP contribution < -0.4 is 9.47 Å². The Labute approximate surface area is 186 Å². The summed E-state index contributed by atoms with van der Waals surface area (Å²) < 4.78 is 11.1. The summed E-state index contributed by atoms with van der Waals surface area (Å²) in [5, 5.41) is -0.437. The second kappa shape index (κ2) is 10.4. The SMILES string of the molecule is C#CCOc1ccc(/C=C2\SC(=O)N(CC(=O)N3CCCC[C@@H]3C)C2=O)cc1OCC. The maximum absolute atomic E-state index is 12.8. The lowest BCUT2D eigenvalue weighted by atomic mass is 10.0. The lowest BCUT2D eigenvalue weighted by Crippen LogP contribution is -2.47. The molecule has 0 unspecified atom stereocenters. The van der Waals surface area contributed by atoms with Crippen molar-refractivity contribution in [3.05, 3.63) is 28.7 Å². The minimum atomic E-state index is -0.460. The second-order valence-corrected chi connectivity index (χ2v) is 8.32. The standard InChI is InChI=1S/C23H26N2O5S/c1-4-12-30-18-10-9-17(13-19(18)29-5-2)14-20-22(27)25(23(28)31-20)15-21(26)24-11-7-6-8-16(24)3/h1,9-10,13-14,16H,5-8,11-12,15H2,2-3H3/b20-14-/t16-/m0/s1. The largest absolute Gasteiger partial charge is 0.490 e. The van der Waals surface area contributed by atoms with Gasteiger partial charge in [0.2, 0.25) is 5.91 Å². The minimum absolute atomic E-state index is 0.113. The molecule has 0 bridgehead atoms. The molecule has 2 heterocycles. The Morgan fingerprint density at radius 3 is 2.81 bits per heavy atom. The van der Waals surface area contributed by atoms with Crippen molar-refractivity contribution in [2.24, 2.45) is 0 Å². The van der Waals surface area contributed by atoms with Gasteiger partial charge in [0.15, 0.2) is 11.5 Å². The van der Waals surface area contributed by atoms with Gasteiger partial charge in [0.05, 0.1) is 11.5 Å². The molecule has 1 aromatic carbocycles. The van der Waals surface area contributed by atoms with Crippen LogP contribution in [-0.4, -0.2) is 59.2 Å². The molecule has 164 valence electrons. The van der Waals surface area contributed by atoms with Gasteiger partial charge in [-0.2, -0.15) is 0 Å². The first-order chi connectivity index (χ1) is 14.9. The van der Waals surface area contributed by atoms with E-state index in [1.165, 1.54) is 0 Å². The van der Waals surface area contributed by atoms with E-state index in [2.05, 4.69) is 5.92 Å². The number of ether oxygens (including phenoxy) is 2. The number of imide groups is 1. The van der Waals surface area contributed by atoms with Crippen LogP contribution in [0, 0.1) is 12.3 Å². The zero-order valence-corrected chi connectivity index (χ0v) is 18.6. The predicted molar refractivity (Wildman–Crippen MR) is 120 cm³/mol. The number of hydrogen-bond donors (Lipinski definition) is 0. The van der Waals surface area contributed by atoms with Gasteiger partial charge in [0, 0.05) is 12.6 Å². The van der Waals surface area contributed by atoms with Gasteiger partial charge in [-0.25, -0.2) is 0 Å². The first-order valence-corrected chi connectivity index (χ1v) is 11.1. The van der Waals surface area contributed by atoms with E-state index in [9.17, 15) is 14.4 Å². The molecule has 7 nitrogen and oxygen atoms in total. The first kappa shape index (κ1) is 22.8. The van der Waals surface area contributed by atoms with E-state index in [1.54, 1.807) is 29.2 Å². The van der Waals surface area contributed by atoms with E-state index in [0.29, 0.717) is 30.2 Å². The topological polar surface area (TPSA) is 76.2 Å². The van der Waals surface area contributed by atoms with Gasteiger partial charge in [-0.1, -0.05) is 12.0 Å².